The Kier molecular flexibility index (Phi) is 5.79. The van der Waals surface area contributed by atoms with Crippen LogP contribution in [0.1, 0.15) is 18.9 Å². The van der Waals surface area contributed by atoms with Gasteiger partial charge in [-0.3, -0.25) is 4.79 Å². The van der Waals surface area contributed by atoms with E-state index in [1.807, 2.05) is 6.07 Å². The molecule has 0 bridgehead atoms. The van der Waals surface area contributed by atoms with Crippen molar-refractivity contribution in [2.45, 2.75) is 31.9 Å². The Bertz CT molecular complexity index is 462. The summed E-state index contributed by atoms with van der Waals surface area (Å²) in [6, 6.07) is 5.84. The fourth-order valence-electron chi connectivity index (χ4n) is 1.58. The molecule has 3 N–H and O–H groups in total. The summed E-state index contributed by atoms with van der Waals surface area (Å²) >= 11 is 5.95. The van der Waals surface area contributed by atoms with E-state index in [0.717, 1.165) is 5.56 Å². The summed E-state index contributed by atoms with van der Waals surface area (Å²) in [6.07, 6.45) is -0.625. The van der Waals surface area contributed by atoms with Crippen molar-refractivity contribution in [2.24, 2.45) is 0 Å². The van der Waals surface area contributed by atoms with Crippen LogP contribution in [0.15, 0.2) is 24.3 Å². The standard InChI is InChI=1S/C13H16ClNO4/c1-8(16)12(13(18)19)15-11(17)7-6-9-4-2-3-5-10(9)14/h2-5,8,12,16H,6-7H2,1H3,(H,15,17)(H,18,19)/t8-,12+/m1/s1. The largest absolute Gasteiger partial charge is 0.480 e. The quantitative estimate of drug-likeness (QED) is 0.733. The summed E-state index contributed by atoms with van der Waals surface area (Å²) in [5.74, 6) is -1.70. The number of aliphatic carboxylic acids is 1. The van der Waals surface area contributed by atoms with E-state index in [-0.39, 0.29) is 6.42 Å². The summed E-state index contributed by atoms with van der Waals surface area (Å²) < 4.78 is 0. The van der Waals surface area contributed by atoms with Gasteiger partial charge in [-0.1, -0.05) is 29.8 Å². The Morgan fingerprint density at radius 3 is 2.53 bits per heavy atom. The number of carbonyl (C=O) groups excluding carboxylic acids is 1. The highest BCUT2D eigenvalue weighted by atomic mass is 35.5. The van der Waals surface area contributed by atoms with E-state index >= 15 is 0 Å². The Morgan fingerprint density at radius 2 is 2.00 bits per heavy atom. The van der Waals surface area contributed by atoms with Crippen LogP contribution in [0.3, 0.4) is 0 Å². The summed E-state index contributed by atoms with van der Waals surface area (Å²) in [4.78, 5) is 22.4. The van der Waals surface area contributed by atoms with Gasteiger partial charge >= 0.3 is 5.97 Å². The Morgan fingerprint density at radius 1 is 1.37 bits per heavy atom. The minimum Gasteiger partial charge on any atom is -0.480 e. The number of carboxylic acid groups (broad SMARTS) is 1. The molecule has 104 valence electrons. The lowest BCUT2D eigenvalue weighted by molar-refractivity contribution is -0.144. The van der Waals surface area contributed by atoms with Gasteiger partial charge in [-0.2, -0.15) is 0 Å². The van der Waals surface area contributed by atoms with Crippen molar-refractivity contribution >= 4 is 23.5 Å². The van der Waals surface area contributed by atoms with Gasteiger partial charge in [0, 0.05) is 11.4 Å². The van der Waals surface area contributed by atoms with Gasteiger partial charge in [0.05, 0.1) is 6.10 Å². The highest BCUT2D eigenvalue weighted by molar-refractivity contribution is 6.31. The number of nitrogens with one attached hydrogen (secondary N) is 1. The average Bonchev–Trinajstić information content (AvgIpc) is 2.34. The molecule has 0 aliphatic rings. The number of amides is 1. The number of aryl methyl sites for hydroxylation is 1. The maximum absolute atomic E-state index is 11.6. The molecule has 0 unspecified atom stereocenters. The van der Waals surface area contributed by atoms with Crippen LogP contribution in [0.25, 0.3) is 0 Å². The number of aliphatic hydroxyl groups excluding tert-OH is 1. The molecule has 0 fully saturated rings. The van der Waals surface area contributed by atoms with Gasteiger partial charge < -0.3 is 15.5 Å². The van der Waals surface area contributed by atoms with Crippen LogP contribution >= 0.6 is 11.6 Å². The zero-order chi connectivity index (χ0) is 14.4. The molecular formula is C13H16ClNO4. The van der Waals surface area contributed by atoms with Crippen molar-refractivity contribution in [1.82, 2.24) is 5.32 Å². The number of hydrogen-bond donors (Lipinski definition) is 3. The first-order chi connectivity index (χ1) is 8.91. The minimum atomic E-state index is -1.29. The summed E-state index contributed by atoms with van der Waals surface area (Å²) in [7, 11) is 0. The molecule has 0 saturated heterocycles. The van der Waals surface area contributed by atoms with E-state index in [4.69, 9.17) is 16.7 Å². The van der Waals surface area contributed by atoms with E-state index in [0.29, 0.717) is 11.4 Å². The lowest BCUT2D eigenvalue weighted by Gasteiger charge is -2.17. The van der Waals surface area contributed by atoms with Gasteiger partial charge in [-0.15, -0.1) is 0 Å². The predicted molar refractivity (Wildman–Crippen MR) is 71.0 cm³/mol. The van der Waals surface area contributed by atoms with E-state index < -0.39 is 24.0 Å². The van der Waals surface area contributed by atoms with Crippen LogP contribution < -0.4 is 5.32 Å². The number of benzene rings is 1. The fraction of sp³-hybridized carbons (Fsp3) is 0.385. The first-order valence-corrected chi connectivity index (χ1v) is 6.23. The maximum atomic E-state index is 11.6. The normalized spacial score (nSPS) is 13.6. The molecule has 2 atom stereocenters. The number of halogens is 1. The summed E-state index contributed by atoms with van der Waals surface area (Å²) in [5.41, 5.74) is 0.822. The molecule has 1 rings (SSSR count). The first-order valence-electron chi connectivity index (χ1n) is 5.85. The van der Waals surface area contributed by atoms with Gasteiger partial charge in [-0.05, 0) is 25.0 Å². The summed E-state index contributed by atoms with van der Waals surface area (Å²) in [6.45, 7) is 1.31. The van der Waals surface area contributed by atoms with E-state index in [2.05, 4.69) is 5.32 Å². The molecule has 0 aromatic heterocycles. The number of rotatable bonds is 6. The van der Waals surface area contributed by atoms with Crippen molar-refractivity contribution in [3.8, 4) is 0 Å². The van der Waals surface area contributed by atoms with Gasteiger partial charge in [0.25, 0.3) is 0 Å². The average molecular weight is 286 g/mol. The molecule has 0 aliphatic carbocycles. The molecule has 5 nitrogen and oxygen atoms in total. The van der Waals surface area contributed by atoms with E-state index in [9.17, 15) is 14.7 Å². The van der Waals surface area contributed by atoms with Crippen molar-refractivity contribution in [3.63, 3.8) is 0 Å². The lowest BCUT2D eigenvalue weighted by atomic mass is 10.1. The maximum Gasteiger partial charge on any atom is 0.328 e. The summed E-state index contributed by atoms with van der Waals surface area (Å²) in [5, 5.41) is 20.9. The molecule has 0 spiro atoms. The minimum absolute atomic E-state index is 0.111. The third-order valence-electron chi connectivity index (χ3n) is 2.64. The van der Waals surface area contributed by atoms with Crippen LogP contribution in [-0.4, -0.2) is 34.2 Å². The smallest absolute Gasteiger partial charge is 0.328 e. The van der Waals surface area contributed by atoms with Crippen LogP contribution in [0, 0.1) is 0 Å². The van der Waals surface area contributed by atoms with Gasteiger partial charge in [0.1, 0.15) is 0 Å². The first kappa shape index (κ1) is 15.5. The predicted octanol–water partition coefficient (Wildman–Crippen LogP) is 1.22. The number of hydrogen-bond acceptors (Lipinski definition) is 3. The molecule has 0 radical (unpaired) electrons. The monoisotopic (exact) mass is 285 g/mol. The van der Waals surface area contributed by atoms with Crippen LogP contribution in [0.2, 0.25) is 5.02 Å². The molecule has 1 aromatic rings. The third kappa shape index (κ3) is 4.89. The Balaban J connectivity index is 2.52. The van der Waals surface area contributed by atoms with Crippen molar-refractivity contribution in [2.75, 3.05) is 0 Å². The highest BCUT2D eigenvalue weighted by Gasteiger charge is 2.24. The lowest BCUT2D eigenvalue weighted by Crippen LogP contribution is -2.47. The van der Waals surface area contributed by atoms with Gasteiger partial charge in [0.15, 0.2) is 6.04 Å². The zero-order valence-corrected chi connectivity index (χ0v) is 11.2. The Labute approximate surface area is 116 Å². The van der Waals surface area contributed by atoms with Crippen molar-refractivity contribution in [3.05, 3.63) is 34.9 Å². The molecule has 0 aliphatic heterocycles. The second kappa shape index (κ2) is 7.11. The SMILES string of the molecule is C[C@@H](O)[C@H](NC(=O)CCc1ccccc1Cl)C(=O)O. The molecule has 6 heteroatoms. The zero-order valence-electron chi connectivity index (χ0n) is 10.5. The second-order valence-electron chi connectivity index (χ2n) is 4.22. The van der Waals surface area contributed by atoms with Crippen molar-refractivity contribution in [1.29, 1.82) is 0 Å². The van der Waals surface area contributed by atoms with E-state index in [1.54, 1.807) is 18.2 Å². The molecular weight excluding hydrogens is 270 g/mol. The number of aliphatic hydroxyl groups is 1. The van der Waals surface area contributed by atoms with Gasteiger partial charge in [-0.25, -0.2) is 4.79 Å². The van der Waals surface area contributed by atoms with E-state index in [1.165, 1.54) is 6.92 Å². The molecule has 0 saturated carbocycles. The number of carboxylic acids is 1. The highest BCUT2D eigenvalue weighted by Crippen LogP contribution is 2.16. The topological polar surface area (TPSA) is 86.6 Å². The van der Waals surface area contributed by atoms with Gasteiger partial charge in [0.2, 0.25) is 5.91 Å². The fourth-order valence-corrected chi connectivity index (χ4v) is 1.81. The van der Waals surface area contributed by atoms with Crippen LogP contribution in [0.5, 0.6) is 0 Å². The number of carbonyl (C=O) groups is 2. The van der Waals surface area contributed by atoms with Crippen LogP contribution in [-0.2, 0) is 16.0 Å². The molecule has 1 amide bonds. The second-order valence-corrected chi connectivity index (χ2v) is 4.62. The van der Waals surface area contributed by atoms with Crippen LogP contribution in [0.4, 0.5) is 0 Å². The molecule has 19 heavy (non-hydrogen) atoms. The molecule has 1 aromatic carbocycles. The Hall–Kier alpha value is -1.59. The van der Waals surface area contributed by atoms with Crippen molar-refractivity contribution < 1.29 is 19.8 Å². The molecule has 0 heterocycles. The third-order valence-corrected chi connectivity index (χ3v) is 3.01.